The zero-order valence-corrected chi connectivity index (χ0v) is 27.6. The van der Waals surface area contributed by atoms with Crippen LogP contribution in [0.4, 0.5) is 34.3 Å². The Kier molecular flexibility index (Phi) is 10.2. The number of alkyl halides is 2. The van der Waals surface area contributed by atoms with Crippen LogP contribution < -0.4 is 10.2 Å². The molecular weight excluding hydrogens is 665 g/mol. The van der Waals surface area contributed by atoms with Crippen LogP contribution in [0, 0.1) is 11.7 Å². The van der Waals surface area contributed by atoms with Gasteiger partial charge in [-0.05, 0) is 77.6 Å². The number of carbonyl (C=O) groups is 4. The van der Waals surface area contributed by atoms with Crippen molar-refractivity contribution in [3.63, 3.8) is 0 Å². The molecule has 264 valence electrons. The number of hydrogen-bond acceptors (Lipinski definition) is 11. The quantitative estimate of drug-likeness (QED) is 0.132. The zero-order valence-electron chi connectivity index (χ0n) is 27.6. The Balaban J connectivity index is 1.32. The van der Waals surface area contributed by atoms with Crippen LogP contribution in [0.1, 0.15) is 80.4 Å². The lowest BCUT2D eigenvalue weighted by Gasteiger charge is -2.27. The van der Waals surface area contributed by atoms with Crippen LogP contribution in [0.5, 0.6) is 0 Å². The number of halogens is 3. The van der Waals surface area contributed by atoms with Crippen molar-refractivity contribution < 1.29 is 51.0 Å². The van der Waals surface area contributed by atoms with Gasteiger partial charge in [0.2, 0.25) is 5.89 Å². The van der Waals surface area contributed by atoms with Gasteiger partial charge in [-0.1, -0.05) is 0 Å². The second-order valence-electron chi connectivity index (χ2n) is 12.6. The maximum atomic E-state index is 14.8. The Hall–Kier alpha value is -5.74. The summed E-state index contributed by atoms with van der Waals surface area (Å²) in [5, 5.41) is 6.08. The second-order valence-corrected chi connectivity index (χ2v) is 12.6. The molecule has 50 heavy (non-hydrogen) atoms. The van der Waals surface area contributed by atoms with Gasteiger partial charge < -0.3 is 23.9 Å². The summed E-state index contributed by atoms with van der Waals surface area (Å²) in [6.45, 7) is 8.72. The Morgan fingerprint density at radius 2 is 1.86 bits per heavy atom. The summed E-state index contributed by atoms with van der Waals surface area (Å²) in [6, 6.07) is 6.06. The fraction of sp³-hybridized carbons (Fsp3) is 0.364. The van der Waals surface area contributed by atoms with E-state index in [9.17, 15) is 32.3 Å². The molecule has 1 aliphatic rings. The molecule has 0 saturated heterocycles. The van der Waals surface area contributed by atoms with Gasteiger partial charge in [-0.2, -0.15) is 5.10 Å². The highest BCUT2D eigenvalue weighted by atomic mass is 19.3. The van der Waals surface area contributed by atoms with Crippen molar-refractivity contribution in [1.29, 1.82) is 0 Å². The monoisotopic (exact) mass is 698 g/mol. The van der Waals surface area contributed by atoms with Crippen LogP contribution in [0.2, 0.25) is 0 Å². The van der Waals surface area contributed by atoms with Gasteiger partial charge in [0, 0.05) is 24.4 Å². The molecule has 0 unspecified atom stereocenters. The van der Waals surface area contributed by atoms with E-state index in [-0.39, 0.29) is 23.1 Å². The minimum Gasteiger partial charge on any atom is -0.444 e. The number of benzene rings is 1. The number of aromatic nitrogens is 4. The summed E-state index contributed by atoms with van der Waals surface area (Å²) in [5.74, 6) is -2.79. The zero-order chi connectivity index (χ0) is 36.3. The Morgan fingerprint density at radius 1 is 1.12 bits per heavy atom. The van der Waals surface area contributed by atoms with Crippen molar-refractivity contribution in [2.75, 3.05) is 16.8 Å². The fourth-order valence-corrected chi connectivity index (χ4v) is 4.47. The molecule has 0 atom stereocenters. The number of nitrogens with zero attached hydrogens (tertiary/aromatic N) is 5. The van der Waals surface area contributed by atoms with E-state index >= 15 is 0 Å². The molecule has 0 radical (unpaired) electrons. The molecule has 1 aliphatic carbocycles. The van der Waals surface area contributed by atoms with Gasteiger partial charge in [0.15, 0.2) is 11.4 Å². The van der Waals surface area contributed by atoms with Gasteiger partial charge in [-0.25, -0.2) is 42.2 Å². The first-order valence-electron chi connectivity index (χ1n) is 15.4. The Morgan fingerprint density at radius 3 is 2.50 bits per heavy atom. The van der Waals surface area contributed by atoms with E-state index in [1.54, 1.807) is 32.9 Å². The van der Waals surface area contributed by atoms with Crippen molar-refractivity contribution in [2.24, 2.45) is 5.92 Å². The van der Waals surface area contributed by atoms with Crippen LogP contribution in [-0.2, 0) is 14.2 Å². The number of anilines is 2. The third kappa shape index (κ3) is 8.83. The maximum Gasteiger partial charge on any atom is 0.516 e. The number of oxazole rings is 1. The van der Waals surface area contributed by atoms with E-state index in [0.29, 0.717) is 18.0 Å². The van der Waals surface area contributed by atoms with Gasteiger partial charge in [0.1, 0.15) is 23.5 Å². The molecule has 2 amide bonds. The van der Waals surface area contributed by atoms with E-state index in [2.05, 4.69) is 25.1 Å². The topological polar surface area (TPSA) is 168 Å². The number of carbonyl (C=O) groups excluding carboxylic acids is 4. The Bertz CT molecular complexity index is 1910. The minimum absolute atomic E-state index is 0.00861. The number of hydrogen-bond donors (Lipinski definition) is 1. The number of nitrogens with one attached hydrogen (secondary N) is 1. The van der Waals surface area contributed by atoms with Gasteiger partial charge in [-0.3, -0.25) is 9.69 Å². The highest BCUT2D eigenvalue weighted by molar-refractivity contribution is 6.03. The molecule has 0 spiro atoms. The SMILES string of the molecule is CC(C)OC(=O)OC(=O)c1ccc(-n2cc(NC(=O)c3coc(-c4ccnc(N(CC5CC5)C(=O)OC(C)(C)C)c4)n3)c(C(F)F)n2)cc1F. The summed E-state index contributed by atoms with van der Waals surface area (Å²) in [5.41, 5.74) is -2.57. The first kappa shape index (κ1) is 35.6. The smallest absolute Gasteiger partial charge is 0.444 e. The van der Waals surface area contributed by atoms with Crippen molar-refractivity contribution >= 4 is 35.6 Å². The predicted molar refractivity (Wildman–Crippen MR) is 170 cm³/mol. The molecule has 0 aliphatic heterocycles. The highest BCUT2D eigenvalue weighted by Gasteiger charge is 2.32. The number of ether oxygens (including phenoxy) is 3. The molecule has 3 aromatic heterocycles. The van der Waals surface area contributed by atoms with E-state index in [0.717, 1.165) is 42.1 Å². The van der Waals surface area contributed by atoms with Crippen LogP contribution in [0.3, 0.4) is 0 Å². The summed E-state index contributed by atoms with van der Waals surface area (Å²) in [7, 11) is 0. The first-order chi connectivity index (χ1) is 23.6. The number of esters is 1. The predicted octanol–water partition coefficient (Wildman–Crippen LogP) is 7.10. The average Bonchev–Trinajstić information content (AvgIpc) is 3.52. The molecule has 17 heteroatoms. The van der Waals surface area contributed by atoms with E-state index in [1.165, 1.54) is 31.0 Å². The van der Waals surface area contributed by atoms with Crippen LogP contribution >= 0.6 is 0 Å². The molecule has 3 heterocycles. The van der Waals surface area contributed by atoms with Crippen molar-refractivity contribution in [3.05, 3.63) is 71.8 Å². The second kappa shape index (κ2) is 14.4. The van der Waals surface area contributed by atoms with Gasteiger partial charge in [-0.15, -0.1) is 0 Å². The number of rotatable bonds is 10. The van der Waals surface area contributed by atoms with Crippen LogP contribution in [0.15, 0.2) is 53.4 Å². The van der Waals surface area contributed by atoms with E-state index in [4.69, 9.17) is 13.9 Å². The molecule has 5 rings (SSSR count). The third-order valence-corrected chi connectivity index (χ3v) is 6.90. The molecule has 1 fully saturated rings. The molecule has 1 saturated carbocycles. The standard InChI is InChI=1S/C33H33F3N6O8/c1-17(2)48-32(46)49-30(44)21-9-8-20(13-22(21)34)42-15-23(26(40-42)27(35)36)38-28(43)24-16-47-29(39-24)19-10-11-37-25(12-19)41(14-18-6-7-18)31(45)50-33(3,4)5/h8-13,15-18,27H,6-7,14H2,1-5H3,(H,38,43). The van der Waals surface area contributed by atoms with Crippen molar-refractivity contribution in [2.45, 2.75) is 65.6 Å². The average molecular weight is 699 g/mol. The molecule has 1 aromatic carbocycles. The maximum absolute atomic E-state index is 14.8. The Labute approximate surface area is 283 Å². The fourth-order valence-electron chi connectivity index (χ4n) is 4.47. The summed E-state index contributed by atoms with van der Waals surface area (Å²) in [4.78, 5) is 59.8. The number of pyridine rings is 1. The largest absolute Gasteiger partial charge is 0.516 e. The molecule has 0 bridgehead atoms. The summed E-state index contributed by atoms with van der Waals surface area (Å²) in [6.07, 6.45) is -0.178. The summed E-state index contributed by atoms with van der Waals surface area (Å²) >= 11 is 0. The van der Waals surface area contributed by atoms with Crippen molar-refractivity contribution in [3.8, 4) is 17.1 Å². The van der Waals surface area contributed by atoms with Crippen LogP contribution in [-0.4, -0.2) is 62.1 Å². The molecule has 1 N–H and O–H groups in total. The van der Waals surface area contributed by atoms with Gasteiger partial charge in [0.25, 0.3) is 12.3 Å². The lowest BCUT2D eigenvalue weighted by atomic mass is 10.2. The lowest BCUT2D eigenvalue weighted by molar-refractivity contribution is 0.0279. The van der Waals surface area contributed by atoms with E-state index < -0.39 is 65.0 Å². The molecular formula is C33H33F3N6O8. The normalized spacial score (nSPS) is 12.9. The van der Waals surface area contributed by atoms with Crippen molar-refractivity contribution in [1.82, 2.24) is 19.7 Å². The molecule has 14 nitrogen and oxygen atoms in total. The third-order valence-electron chi connectivity index (χ3n) is 6.90. The lowest BCUT2D eigenvalue weighted by Crippen LogP contribution is -2.38. The molecule has 4 aromatic rings. The summed E-state index contributed by atoms with van der Waals surface area (Å²) < 4.78 is 63.8. The highest BCUT2D eigenvalue weighted by Crippen LogP contribution is 2.33. The minimum atomic E-state index is -3.15. The van der Waals surface area contributed by atoms with Crippen LogP contribution in [0.25, 0.3) is 17.1 Å². The number of amides is 2. The van der Waals surface area contributed by atoms with Gasteiger partial charge >= 0.3 is 18.2 Å². The first-order valence-corrected chi connectivity index (χ1v) is 15.4. The van der Waals surface area contributed by atoms with Gasteiger partial charge in [0.05, 0.1) is 29.2 Å². The van der Waals surface area contributed by atoms with E-state index in [1.807, 2.05) is 0 Å².